The third kappa shape index (κ3) is 7.66. The highest BCUT2D eigenvalue weighted by molar-refractivity contribution is 5.85. The molecular formula is C21H32ClN3O4. The van der Waals surface area contributed by atoms with Gasteiger partial charge in [-0.1, -0.05) is 44.2 Å². The second-order valence-corrected chi connectivity index (χ2v) is 8.02. The maximum atomic E-state index is 12.6. The molecular weight excluding hydrogens is 394 g/mol. The molecule has 0 spiro atoms. The quantitative estimate of drug-likeness (QED) is 0.434. The number of hydrogen-bond acceptors (Lipinski definition) is 3. The van der Waals surface area contributed by atoms with Crippen molar-refractivity contribution >= 4 is 17.8 Å². The van der Waals surface area contributed by atoms with Gasteiger partial charge < -0.3 is 33.5 Å². The second-order valence-electron chi connectivity index (χ2n) is 8.02. The Kier molecular flexibility index (Phi) is 10.1. The average molecular weight is 426 g/mol. The number of benzene rings is 1. The number of carbonyl (C=O) groups excluding carboxylic acids is 2. The number of piperidine rings is 1. The number of carbonyl (C=O) groups is 3. The number of aliphatic carboxylic acids is 1. The van der Waals surface area contributed by atoms with Crippen LogP contribution in [0.4, 0.5) is 0 Å². The van der Waals surface area contributed by atoms with E-state index in [0.29, 0.717) is 31.8 Å². The van der Waals surface area contributed by atoms with Crippen molar-refractivity contribution in [2.75, 3.05) is 13.1 Å². The van der Waals surface area contributed by atoms with Crippen LogP contribution in [0.3, 0.4) is 0 Å². The van der Waals surface area contributed by atoms with Crippen molar-refractivity contribution in [2.45, 2.75) is 51.6 Å². The maximum absolute atomic E-state index is 12.6. The van der Waals surface area contributed by atoms with Gasteiger partial charge in [-0.2, -0.15) is 0 Å². The number of rotatable bonds is 8. The highest BCUT2D eigenvalue weighted by atomic mass is 35.5. The van der Waals surface area contributed by atoms with E-state index in [2.05, 4.69) is 24.9 Å². The molecule has 162 valence electrons. The van der Waals surface area contributed by atoms with E-state index in [-0.39, 0.29) is 42.6 Å². The Morgan fingerprint density at radius 1 is 1.17 bits per heavy atom. The summed E-state index contributed by atoms with van der Waals surface area (Å²) in [6.45, 7) is 5.15. The van der Waals surface area contributed by atoms with Gasteiger partial charge in [-0.15, -0.1) is 0 Å². The molecule has 1 aliphatic rings. The summed E-state index contributed by atoms with van der Waals surface area (Å²) >= 11 is 0. The standard InChI is InChI=1S/C21H31N3O4.ClH/c1-14(2)12-17(22)20(26)24-10-8-16(9-11-24)19(25)23-18(21(27)28)13-15-6-4-3-5-7-15;/h3-7,14,16-18H,8-13,22H2,1-2H3,(H,23,25)(H,27,28);1H/t17-,18+;/m0./s1. The van der Waals surface area contributed by atoms with E-state index in [4.69, 9.17) is 0 Å². The molecule has 0 aliphatic carbocycles. The van der Waals surface area contributed by atoms with Gasteiger partial charge in [0, 0.05) is 31.8 Å². The molecule has 8 heteroatoms. The molecule has 0 unspecified atom stereocenters. The van der Waals surface area contributed by atoms with Crippen LogP contribution in [0.5, 0.6) is 0 Å². The lowest BCUT2D eigenvalue weighted by Gasteiger charge is -2.32. The summed E-state index contributed by atoms with van der Waals surface area (Å²) in [5.74, 6) is -1.11. The average Bonchev–Trinajstić information content (AvgIpc) is 2.67. The van der Waals surface area contributed by atoms with E-state index in [1.54, 1.807) is 4.90 Å². The molecule has 2 rings (SSSR count). The van der Waals surface area contributed by atoms with Crippen LogP contribution in [-0.4, -0.2) is 53.0 Å². The summed E-state index contributed by atoms with van der Waals surface area (Å²) in [6.07, 6.45) is 2.09. The predicted molar refractivity (Wildman–Crippen MR) is 105 cm³/mol. The van der Waals surface area contributed by atoms with Crippen LogP contribution in [0.25, 0.3) is 0 Å². The minimum atomic E-state index is -1.04. The summed E-state index contributed by atoms with van der Waals surface area (Å²) in [4.78, 5) is 38.4. The fourth-order valence-corrected chi connectivity index (χ4v) is 3.63. The number of halogens is 1. The van der Waals surface area contributed by atoms with Gasteiger partial charge in [-0.05, 0) is 24.3 Å². The van der Waals surface area contributed by atoms with Gasteiger partial charge in [0.15, 0.2) is 6.04 Å². The SMILES string of the molecule is CC(C)C[C@H]([NH3+])C(=O)N1CCC(C(=O)N[C@H](Cc2ccccc2)C(=O)O)CC1.[Cl-]. The van der Waals surface area contributed by atoms with Crippen LogP contribution in [-0.2, 0) is 20.8 Å². The van der Waals surface area contributed by atoms with Crippen LogP contribution in [0.1, 0.15) is 38.7 Å². The van der Waals surface area contributed by atoms with Gasteiger partial charge in [0.05, 0.1) is 0 Å². The molecule has 2 amide bonds. The van der Waals surface area contributed by atoms with Gasteiger partial charge in [-0.25, -0.2) is 4.79 Å². The Hall–Kier alpha value is -2.12. The fourth-order valence-electron chi connectivity index (χ4n) is 3.63. The molecule has 2 atom stereocenters. The summed E-state index contributed by atoms with van der Waals surface area (Å²) < 4.78 is 0. The van der Waals surface area contributed by atoms with Crippen molar-refractivity contribution in [3.8, 4) is 0 Å². The van der Waals surface area contributed by atoms with E-state index in [1.165, 1.54) is 0 Å². The summed E-state index contributed by atoms with van der Waals surface area (Å²) in [7, 11) is 0. The number of nitrogens with zero attached hydrogens (tertiary/aromatic N) is 1. The normalized spacial score (nSPS) is 16.6. The Morgan fingerprint density at radius 3 is 2.28 bits per heavy atom. The zero-order chi connectivity index (χ0) is 20.7. The first kappa shape index (κ1) is 24.9. The molecule has 1 fully saturated rings. The van der Waals surface area contributed by atoms with Crippen molar-refractivity contribution in [2.24, 2.45) is 11.8 Å². The van der Waals surface area contributed by atoms with E-state index < -0.39 is 12.0 Å². The molecule has 0 aromatic heterocycles. The smallest absolute Gasteiger partial charge is 0.326 e. The van der Waals surface area contributed by atoms with E-state index in [0.717, 1.165) is 12.0 Å². The molecule has 1 aromatic carbocycles. The highest BCUT2D eigenvalue weighted by Gasteiger charge is 2.32. The Morgan fingerprint density at radius 2 is 1.76 bits per heavy atom. The molecule has 1 aliphatic heterocycles. The van der Waals surface area contributed by atoms with Gasteiger partial charge in [0.2, 0.25) is 5.91 Å². The third-order valence-electron chi connectivity index (χ3n) is 5.18. The first-order valence-electron chi connectivity index (χ1n) is 9.97. The molecule has 0 saturated carbocycles. The van der Waals surface area contributed by atoms with Crippen LogP contribution in [0, 0.1) is 11.8 Å². The number of carboxylic acid groups (broad SMARTS) is 1. The fraction of sp³-hybridized carbons (Fsp3) is 0.571. The number of hydrogen-bond donors (Lipinski definition) is 3. The Labute approximate surface area is 178 Å². The molecule has 0 bridgehead atoms. The third-order valence-corrected chi connectivity index (χ3v) is 5.18. The lowest BCUT2D eigenvalue weighted by Crippen LogP contribution is -3.00. The van der Waals surface area contributed by atoms with Crippen LogP contribution in [0.15, 0.2) is 30.3 Å². The minimum absolute atomic E-state index is 0. The Bertz CT molecular complexity index is 676. The zero-order valence-corrected chi connectivity index (χ0v) is 17.9. The lowest BCUT2D eigenvalue weighted by atomic mass is 9.94. The first-order chi connectivity index (χ1) is 13.3. The highest BCUT2D eigenvalue weighted by Crippen LogP contribution is 2.19. The topological polar surface area (TPSA) is 114 Å². The van der Waals surface area contributed by atoms with Gasteiger partial charge in [0.25, 0.3) is 5.91 Å². The minimum Gasteiger partial charge on any atom is -1.00 e. The molecule has 0 radical (unpaired) electrons. The van der Waals surface area contributed by atoms with E-state index in [1.807, 2.05) is 30.3 Å². The van der Waals surface area contributed by atoms with Crippen molar-refractivity contribution in [3.05, 3.63) is 35.9 Å². The van der Waals surface area contributed by atoms with Crippen LogP contribution < -0.4 is 23.5 Å². The van der Waals surface area contributed by atoms with Crippen molar-refractivity contribution in [1.82, 2.24) is 10.2 Å². The molecule has 1 saturated heterocycles. The van der Waals surface area contributed by atoms with E-state index in [9.17, 15) is 19.5 Å². The zero-order valence-electron chi connectivity index (χ0n) is 17.1. The Balaban J connectivity index is 0.00000420. The second kappa shape index (κ2) is 11.8. The summed E-state index contributed by atoms with van der Waals surface area (Å²) in [5, 5.41) is 12.1. The van der Waals surface area contributed by atoms with Gasteiger partial charge in [-0.3, -0.25) is 9.59 Å². The number of carboxylic acids is 1. The first-order valence-corrected chi connectivity index (χ1v) is 9.97. The number of amides is 2. The van der Waals surface area contributed by atoms with Crippen molar-refractivity contribution in [3.63, 3.8) is 0 Å². The predicted octanol–water partition coefficient (Wildman–Crippen LogP) is -2.30. The largest absolute Gasteiger partial charge is 1.00 e. The molecule has 5 N–H and O–H groups in total. The van der Waals surface area contributed by atoms with Crippen LogP contribution >= 0.6 is 0 Å². The lowest BCUT2D eigenvalue weighted by molar-refractivity contribution is -0.408. The number of likely N-dealkylation sites (tertiary alicyclic amines) is 1. The maximum Gasteiger partial charge on any atom is 0.326 e. The van der Waals surface area contributed by atoms with Crippen molar-refractivity contribution < 1.29 is 37.6 Å². The summed E-state index contributed by atoms with van der Waals surface area (Å²) in [6, 6.07) is 8.04. The number of quaternary nitrogens is 1. The summed E-state index contributed by atoms with van der Waals surface area (Å²) in [5.41, 5.74) is 4.83. The van der Waals surface area contributed by atoms with Gasteiger partial charge >= 0.3 is 5.97 Å². The molecule has 1 aromatic rings. The van der Waals surface area contributed by atoms with E-state index >= 15 is 0 Å². The van der Waals surface area contributed by atoms with Crippen LogP contribution in [0.2, 0.25) is 0 Å². The molecule has 29 heavy (non-hydrogen) atoms. The van der Waals surface area contributed by atoms with Gasteiger partial charge in [0.1, 0.15) is 6.04 Å². The number of nitrogens with one attached hydrogen (secondary N) is 1. The molecule has 1 heterocycles. The monoisotopic (exact) mass is 425 g/mol. The van der Waals surface area contributed by atoms with Crippen molar-refractivity contribution in [1.29, 1.82) is 0 Å². The molecule has 7 nitrogen and oxygen atoms in total.